The van der Waals surface area contributed by atoms with E-state index in [2.05, 4.69) is 16.8 Å². The number of hydrogen-bond acceptors (Lipinski definition) is 3. The molecular formula is C22H15NO2. The molecule has 120 valence electrons. The minimum absolute atomic E-state index is 0.0270. The molecule has 3 heteroatoms. The van der Waals surface area contributed by atoms with Crippen molar-refractivity contribution in [3.8, 4) is 11.8 Å². The quantitative estimate of drug-likeness (QED) is 0.356. The predicted molar refractivity (Wildman–Crippen MR) is 99.7 cm³/mol. The van der Waals surface area contributed by atoms with Crippen LogP contribution in [-0.4, -0.2) is 4.98 Å². The maximum atomic E-state index is 12.9. The van der Waals surface area contributed by atoms with Crippen molar-refractivity contribution >= 4 is 21.9 Å². The topological polar surface area (TPSA) is 43.1 Å². The van der Waals surface area contributed by atoms with Crippen molar-refractivity contribution in [3.05, 3.63) is 87.3 Å². The average Bonchev–Trinajstić information content (AvgIpc) is 2.63. The molecular weight excluding hydrogens is 310 g/mol. The van der Waals surface area contributed by atoms with Crippen molar-refractivity contribution in [2.75, 3.05) is 0 Å². The molecule has 3 nitrogen and oxygen atoms in total. The molecule has 0 aliphatic heterocycles. The largest absolute Gasteiger partial charge is 0.456 e. The Labute approximate surface area is 144 Å². The van der Waals surface area contributed by atoms with Gasteiger partial charge in [-0.1, -0.05) is 12.0 Å². The molecule has 0 radical (unpaired) electrons. The third kappa shape index (κ3) is 2.79. The van der Waals surface area contributed by atoms with Gasteiger partial charge in [0.25, 0.3) is 0 Å². The van der Waals surface area contributed by atoms with Gasteiger partial charge in [-0.25, -0.2) is 4.98 Å². The zero-order chi connectivity index (χ0) is 17.4. The van der Waals surface area contributed by atoms with Gasteiger partial charge in [0.15, 0.2) is 0 Å². The zero-order valence-electron chi connectivity index (χ0n) is 14.0. The highest BCUT2D eigenvalue weighted by molar-refractivity contribution is 5.91. The molecule has 4 rings (SSSR count). The fourth-order valence-corrected chi connectivity index (χ4v) is 2.76. The third-order valence-corrected chi connectivity index (χ3v) is 4.28. The smallest absolute Gasteiger partial charge is 0.200 e. The van der Waals surface area contributed by atoms with Crippen LogP contribution in [0.4, 0.5) is 0 Å². The highest BCUT2D eigenvalue weighted by Crippen LogP contribution is 2.22. The molecule has 0 fully saturated rings. The molecule has 0 bridgehead atoms. The molecule has 0 unspecified atom stereocenters. The first-order valence-corrected chi connectivity index (χ1v) is 8.03. The van der Waals surface area contributed by atoms with E-state index in [0.717, 1.165) is 16.7 Å². The standard InChI is InChI=1S/C22H15NO2/c1-14-11-18-21(12-15(14)2)25-20-9-7-16(13-19(20)22(18)24)6-8-17-5-3-4-10-23-17/h3-5,7,9-13H,1-2H3. The number of aryl methyl sites for hydroxylation is 2. The summed E-state index contributed by atoms with van der Waals surface area (Å²) in [6, 6.07) is 14.8. The van der Waals surface area contributed by atoms with Crippen LogP contribution in [0, 0.1) is 25.7 Å². The Hall–Kier alpha value is -3.38. The van der Waals surface area contributed by atoms with E-state index >= 15 is 0 Å². The first-order valence-electron chi connectivity index (χ1n) is 8.03. The molecule has 0 spiro atoms. The van der Waals surface area contributed by atoms with E-state index in [4.69, 9.17) is 4.42 Å². The van der Waals surface area contributed by atoms with E-state index in [-0.39, 0.29) is 5.43 Å². The molecule has 2 aromatic heterocycles. The number of pyridine rings is 1. The molecule has 0 amide bonds. The number of hydrogen-bond donors (Lipinski definition) is 0. The maximum Gasteiger partial charge on any atom is 0.200 e. The van der Waals surface area contributed by atoms with Gasteiger partial charge in [0.1, 0.15) is 16.9 Å². The van der Waals surface area contributed by atoms with Crippen LogP contribution in [0.3, 0.4) is 0 Å². The summed E-state index contributed by atoms with van der Waals surface area (Å²) >= 11 is 0. The average molecular weight is 325 g/mol. The van der Waals surface area contributed by atoms with Crippen LogP contribution in [0.5, 0.6) is 0 Å². The Kier molecular flexibility index (Phi) is 3.59. The van der Waals surface area contributed by atoms with Crippen LogP contribution in [-0.2, 0) is 0 Å². The Morgan fingerprint density at radius 2 is 1.68 bits per heavy atom. The van der Waals surface area contributed by atoms with Gasteiger partial charge >= 0.3 is 0 Å². The van der Waals surface area contributed by atoms with Crippen LogP contribution in [0.25, 0.3) is 21.9 Å². The van der Waals surface area contributed by atoms with E-state index < -0.39 is 0 Å². The SMILES string of the molecule is Cc1cc2oc3ccc(C#Cc4ccccn4)cc3c(=O)c2cc1C. The lowest BCUT2D eigenvalue weighted by atomic mass is 10.0. The highest BCUT2D eigenvalue weighted by Gasteiger charge is 2.09. The summed E-state index contributed by atoms with van der Waals surface area (Å²) < 4.78 is 5.92. The van der Waals surface area contributed by atoms with Gasteiger partial charge in [-0.3, -0.25) is 4.79 Å². The van der Waals surface area contributed by atoms with Gasteiger partial charge in [-0.05, 0) is 73.4 Å². The number of fused-ring (bicyclic) bond motifs is 2. The monoisotopic (exact) mass is 325 g/mol. The fraction of sp³-hybridized carbons (Fsp3) is 0.0909. The zero-order valence-corrected chi connectivity index (χ0v) is 14.0. The lowest BCUT2D eigenvalue weighted by Gasteiger charge is -2.05. The summed E-state index contributed by atoms with van der Waals surface area (Å²) in [7, 11) is 0. The molecule has 0 N–H and O–H groups in total. The number of rotatable bonds is 0. The van der Waals surface area contributed by atoms with E-state index in [1.165, 1.54) is 0 Å². The van der Waals surface area contributed by atoms with Crippen LogP contribution in [0.15, 0.2) is 63.9 Å². The van der Waals surface area contributed by atoms with Crippen molar-refractivity contribution in [2.45, 2.75) is 13.8 Å². The molecule has 4 aromatic rings. The second kappa shape index (κ2) is 5.92. The number of aromatic nitrogens is 1. The molecule has 25 heavy (non-hydrogen) atoms. The van der Waals surface area contributed by atoms with Crippen LogP contribution >= 0.6 is 0 Å². The van der Waals surface area contributed by atoms with Crippen LogP contribution in [0.2, 0.25) is 0 Å². The third-order valence-electron chi connectivity index (χ3n) is 4.28. The van der Waals surface area contributed by atoms with Gasteiger partial charge in [0.05, 0.1) is 10.8 Å². The van der Waals surface area contributed by atoms with Gasteiger partial charge in [-0.15, -0.1) is 0 Å². The summed E-state index contributed by atoms with van der Waals surface area (Å²) in [6.45, 7) is 4.00. The molecule has 0 aliphatic carbocycles. The van der Waals surface area contributed by atoms with Crippen LogP contribution < -0.4 is 5.43 Å². The summed E-state index contributed by atoms with van der Waals surface area (Å²) in [5, 5.41) is 1.15. The molecule has 0 saturated heterocycles. The summed E-state index contributed by atoms with van der Waals surface area (Å²) in [5.74, 6) is 6.06. The Balaban J connectivity index is 1.90. The second-order valence-electron chi connectivity index (χ2n) is 6.04. The first kappa shape index (κ1) is 15.2. The summed E-state index contributed by atoms with van der Waals surface area (Å²) in [4.78, 5) is 17.0. The van der Waals surface area contributed by atoms with Crippen molar-refractivity contribution in [1.29, 1.82) is 0 Å². The fourth-order valence-electron chi connectivity index (χ4n) is 2.76. The molecule has 0 atom stereocenters. The van der Waals surface area contributed by atoms with Crippen molar-refractivity contribution in [3.63, 3.8) is 0 Å². The highest BCUT2D eigenvalue weighted by atomic mass is 16.3. The van der Waals surface area contributed by atoms with Crippen molar-refractivity contribution < 1.29 is 4.42 Å². The minimum atomic E-state index is -0.0270. The van der Waals surface area contributed by atoms with Gasteiger partial charge < -0.3 is 4.42 Å². The predicted octanol–water partition coefficient (Wildman–Crippen LogP) is 4.36. The Bertz CT molecular complexity index is 1230. The maximum absolute atomic E-state index is 12.9. The Morgan fingerprint density at radius 1 is 0.880 bits per heavy atom. The minimum Gasteiger partial charge on any atom is -0.456 e. The van der Waals surface area contributed by atoms with Crippen molar-refractivity contribution in [1.82, 2.24) is 4.98 Å². The Morgan fingerprint density at radius 3 is 2.48 bits per heavy atom. The lowest BCUT2D eigenvalue weighted by molar-refractivity contribution is 0.659. The molecule has 0 saturated carbocycles. The van der Waals surface area contributed by atoms with E-state index in [1.54, 1.807) is 18.3 Å². The molecule has 2 aromatic carbocycles. The normalized spacial score (nSPS) is 10.6. The van der Waals surface area contributed by atoms with Gasteiger partial charge in [-0.2, -0.15) is 0 Å². The van der Waals surface area contributed by atoms with E-state index in [0.29, 0.717) is 27.6 Å². The van der Waals surface area contributed by atoms with Gasteiger partial charge in [0.2, 0.25) is 5.43 Å². The molecule has 2 heterocycles. The summed E-state index contributed by atoms with van der Waals surface area (Å²) in [6.07, 6.45) is 1.70. The second-order valence-corrected chi connectivity index (χ2v) is 6.04. The van der Waals surface area contributed by atoms with Crippen molar-refractivity contribution in [2.24, 2.45) is 0 Å². The van der Waals surface area contributed by atoms with Gasteiger partial charge in [0, 0.05) is 11.8 Å². The van der Waals surface area contributed by atoms with E-state index in [1.807, 2.05) is 50.2 Å². The van der Waals surface area contributed by atoms with E-state index in [9.17, 15) is 4.79 Å². The lowest BCUT2D eigenvalue weighted by Crippen LogP contribution is -2.03. The molecule has 0 aliphatic rings. The summed E-state index contributed by atoms with van der Waals surface area (Å²) in [5.41, 5.74) is 4.80. The number of nitrogens with zero attached hydrogens (tertiary/aromatic N) is 1. The van der Waals surface area contributed by atoms with Crippen LogP contribution in [0.1, 0.15) is 22.4 Å². The first-order chi connectivity index (χ1) is 12.1. The number of benzene rings is 2.